The van der Waals surface area contributed by atoms with Gasteiger partial charge in [-0.1, -0.05) is 207 Å². The van der Waals surface area contributed by atoms with Crippen LogP contribution in [0, 0.1) is 0 Å². The van der Waals surface area contributed by atoms with E-state index >= 15 is 0 Å². The molecule has 0 spiro atoms. The van der Waals surface area contributed by atoms with Crippen LogP contribution in [0.5, 0.6) is 0 Å². The Bertz CT molecular complexity index is 692. The molecule has 0 aliphatic rings. The quantitative estimate of drug-likeness (QED) is 0.0511. The van der Waals surface area contributed by atoms with E-state index < -0.39 is 0 Å². The van der Waals surface area contributed by atoms with E-state index in [9.17, 15) is 0 Å². The van der Waals surface area contributed by atoms with Crippen molar-refractivity contribution in [1.29, 1.82) is 0 Å². The summed E-state index contributed by atoms with van der Waals surface area (Å²) in [5, 5.41) is 0. The number of rotatable bonds is 37. The molecule has 0 saturated heterocycles. The lowest BCUT2D eigenvalue weighted by molar-refractivity contribution is -0.704. The second kappa shape index (κ2) is 34.5. The van der Waals surface area contributed by atoms with Gasteiger partial charge in [-0.25, -0.2) is 9.13 Å². The summed E-state index contributed by atoms with van der Waals surface area (Å²) >= 11 is 0. The number of aryl methyl sites for hydroxylation is 2. The first-order valence-electron chi connectivity index (χ1n) is 21.4. The molecule has 2 nitrogen and oxygen atoms in total. The Hall–Kier alpha value is -0.790. The van der Waals surface area contributed by atoms with Gasteiger partial charge in [0.25, 0.3) is 5.82 Å². The SMILES string of the molecule is CCCCCCCCCCCCCCCCC[n+]1ccn(CCCCCCCC)c1CCCCCCCCCCCCCCC. The second-order valence-electron chi connectivity index (χ2n) is 14.8. The molecular formula is C43H85N2+. The van der Waals surface area contributed by atoms with Crippen molar-refractivity contribution in [2.45, 2.75) is 259 Å². The first kappa shape index (κ1) is 42.2. The molecular weight excluding hydrogens is 544 g/mol. The van der Waals surface area contributed by atoms with Crippen LogP contribution < -0.4 is 4.57 Å². The first-order valence-corrected chi connectivity index (χ1v) is 21.4. The minimum absolute atomic E-state index is 1.23. The molecule has 1 aromatic rings. The number of aromatic nitrogens is 2. The van der Waals surface area contributed by atoms with Gasteiger partial charge in [0.05, 0.1) is 13.1 Å². The lowest BCUT2D eigenvalue weighted by Crippen LogP contribution is -2.37. The van der Waals surface area contributed by atoms with E-state index in [4.69, 9.17) is 0 Å². The molecule has 266 valence electrons. The molecule has 0 amide bonds. The predicted octanol–water partition coefficient (Wildman–Crippen LogP) is 14.6. The van der Waals surface area contributed by atoms with E-state index in [1.165, 1.54) is 238 Å². The van der Waals surface area contributed by atoms with E-state index in [0.29, 0.717) is 0 Å². The molecule has 0 radical (unpaired) electrons. The summed E-state index contributed by atoms with van der Waals surface area (Å²) in [6.45, 7) is 9.40. The average molecular weight is 630 g/mol. The normalized spacial score (nSPS) is 11.6. The average Bonchev–Trinajstić information content (AvgIpc) is 3.43. The highest BCUT2D eigenvalue weighted by Crippen LogP contribution is 2.16. The minimum atomic E-state index is 1.23. The summed E-state index contributed by atoms with van der Waals surface area (Å²) in [7, 11) is 0. The Balaban J connectivity index is 2.21. The maximum atomic E-state index is 2.64. The van der Waals surface area contributed by atoms with Gasteiger partial charge < -0.3 is 0 Å². The predicted molar refractivity (Wildman–Crippen MR) is 202 cm³/mol. The molecule has 0 aliphatic heterocycles. The first-order chi connectivity index (χ1) is 22.3. The summed E-state index contributed by atoms with van der Waals surface area (Å²) in [5.41, 5.74) is 0. The van der Waals surface area contributed by atoms with Crippen LogP contribution in [0.2, 0.25) is 0 Å². The molecule has 0 unspecified atom stereocenters. The van der Waals surface area contributed by atoms with Crippen LogP contribution in [0.4, 0.5) is 0 Å². The molecule has 1 aromatic heterocycles. The summed E-state index contributed by atoms with van der Waals surface area (Å²) in [5.74, 6) is 1.62. The minimum Gasteiger partial charge on any atom is -0.234 e. The Morgan fingerprint density at radius 2 is 0.689 bits per heavy atom. The van der Waals surface area contributed by atoms with Gasteiger partial charge in [0, 0.05) is 6.42 Å². The number of hydrogen-bond acceptors (Lipinski definition) is 0. The number of hydrogen-bond donors (Lipinski definition) is 0. The van der Waals surface area contributed by atoms with Gasteiger partial charge in [-0.05, 0) is 32.1 Å². The lowest BCUT2D eigenvalue weighted by atomic mass is 10.0. The molecule has 0 saturated carbocycles. The Morgan fingerprint density at radius 1 is 0.378 bits per heavy atom. The molecule has 0 N–H and O–H groups in total. The number of unbranched alkanes of at least 4 members (excludes halogenated alkanes) is 31. The van der Waals surface area contributed by atoms with Gasteiger partial charge in [-0.3, -0.25) is 0 Å². The fourth-order valence-corrected chi connectivity index (χ4v) is 7.21. The van der Waals surface area contributed by atoms with Crippen molar-refractivity contribution in [3.05, 3.63) is 18.2 Å². The van der Waals surface area contributed by atoms with Crippen LogP contribution in [0.15, 0.2) is 12.4 Å². The third-order valence-corrected chi connectivity index (χ3v) is 10.3. The molecule has 1 heterocycles. The second-order valence-corrected chi connectivity index (χ2v) is 14.8. The Labute approximate surface area is 285 Å². The molecule has 0 bridgehead atoms. The van der Waals surface area contributed by atoms with Crippen LogP contribution in [0.3, 0.4) is 0 Å². The van der Waals surface area contributed by atoms with E-state index in [2.05, 4.69) is 42.3 Å². The summed E-state index contributed by atoms with van der Waals surface area (Å²) < 4.78 is 5.27. The Morgan fingerprint density at radius 3 is 1.07 bits per heavy atom. The van der Waals surface area contributed by atoms with Gasteiger partial charge in [-0.2, -0.15) is 0 Å². The van der Waals surface area contributed by atoms with Gasteiger partial charge in [0.15, 0.2) is 0 Å². The van der Waals surface area contributed by atoms with Crippen molar-refractivity contribution in [3.63, 3.8) is 0 Å². The van der Waals surface area contributed by atoms with Gasteiger partial charge in [0.2, 0.25) is 0 Å². The van der Waals surface area contributed by atoms with E-state index in [-0.39, 0.29) is 0 Å². The molecule has 2 heteroatoms. The van der Waals surface area contributed by atoms with Gasteiger partial charge in [-0.15, -0.1) is 0 Å². The molecule has 0 atom stereocenters. The number of imidazole rings is 1. The zero-order chi connectivity index (χ0) is 32.3. The third-order valence-electron chi connectivity index (χ3n) is 10.3. The van der Waals surface area contributed by atoms with Gasteiger partial charge in [0.1, 0.15) is 12.4 Å². The van der Waals surface area contributed by atoms with Crippen LogP contribution in [0.1, 0.15) is 245 Å². The summed E-state index contributed by atoms with van der Waals surface area (Å²) in [6.07, 6.45) is 54.9. The van der Waals surface area contributed by atoms with Crippen molar-refractivity contribution in [2.24, 2.45) is 0 Å². The zero-order valence-corrected chi connectivity index (χ0v) is 31.7. The highest BCUT2D eigenvalue weighted by atomic mass is 15.1. The van der Waals surface area contributed by atoms with Crippen LogP contribution in [-0.2, 0) is 19.5 Å². The maximum absolute atomic E-state index is 2.64. The fraction of sp³-hybridized carbons (Fsp3) is 0.930. The zero-order valence-electron chi connectivity index (χ0n) is 31.7. The highest BCUT2D eigenvalue weighted by molar-refractivity contribution is 4.84. The molecule has 0 aromatic carbocycles. The Kier molecular flexibility index (Phi) is 32.4. The topological polar surface area (TPSA) is 8.81 Å². The van der Waals surface area contributed by atoms with E-state index in [1.807, 2.05) is 0 Å². The fourth-order valence-electron chi connectivity index (χ4n) is 7.21. The summed E-state index contributed by atoms with van der Waals surface area (Å²) in [6, 6.07) is 0. The largest absolute Gasteiger partial charge is 0.256 e. The lowest BCUT2D eigenvalue weighted by Gasteiger charge is -2.07. The standard InChI is InChI=1S/C43H85N2/c1-4-7-10-13-16-18-20-22-23-25-27-29-31-34-37-40-45-42-41-44(39-36-33-15-12-9-6-3)43(45)38-35-32-30-28-26-24-21-19-17-14-11-8-5-2/h41-42H,4-40H2,1-3H3/q+1. The van der Waals surface area contributed by atoms with Crippen molar-refractivity contribution in [1.82, 2.24) is 4.57 Å². The summed E-state index contributed by atoms with van der Waals surface area (Å²) in [4.78, 5) is 0. The maximum Gasteiger partial charge on any atom is 0.256 e. The monoisotopic (exact) mass is 630 g/mol. The molecule has 45 heavy (non-hydrogen) atoms. The molecule has 0 aliphatic carbocycles. The van der Waals surface area contributed by atoms with Crippen molar-refractivity contribution in [2.75, 3.05) is 0 Å². The van der Waals surface area contributed by atoms with Crippen LogP contribution in [-0.4, -0.2) is 4.57 Å². The van der Waals surface area contributed by atoms with Gasteiger partial charge >= 0.3 is 0 Å². The smallest absolute Gasteiger partial charge is 0.234 e. The van der Waals surface area contributed by atoms with Crippen molar-refractivity contribution < 1.29 is 4.57 Å². The third kappa shape index (κ3) is 26.9. The number of nitrogens with zero attached hydrogens (tertiary/aromatic N) is 2. The van der Waals surface area contributed by atoms with E-state index in [1.54, 1.807) is 5.82 Å². The van der Waals surface area contributed by atoms with Crippen molar-refractivity contribution >= 4 is 0 Å². The highest BCUT2D eigenvalue weighted by Gasteiger charge is 2.16. The van der Waals surface area contributed by atoms with E-state index in [0.717, 1.165) is 0 Å². The van der Waals surface area contributed by atoms with Crippen molar-refractivity contribution in [3.8, 4) is 0 Å². The van der Waals surface area contributed by atoms with Crippen LogP contribution in [0.25, 0.3) is 0 Å². The molecule has 0 fully saturated rings. The van der Waals surface area contributed by atoms with Crippen LogP contribution >= 0.6 is 0 Å². The molecule has 1 rings (SSSR count).